The van der Waals surface area contributed by atoms with Crippen LogP contribution >= 0.6 is 0 Å². The Balaban J connectivity index is 2.14. The maximum Gasteiger partial charge on any atom is 0.145 e. The van der Waals surface area contributed by atoms with Gasteiger partial charge in [-0.05, 0) is 24.7 Å². The second-order valence-corrected chi connectivity index (χ2v) is 6.07. The van der Waals surface area contributed by atoms with Crippen molar-refractivity contribution in [2.24, 2.45) is 11.3 Å². The van der Waals surface area contributed by atoms with E-state index < -0.39 is 0 Å². The van der Waals surface area contributed by atoms with Crippen LogP contribution in [-0.4, -0.2) is 23.1 Å². The number of rotatable bonds is 5. The first-order valence-corrected chi connectivity index (χ1v) is 7.69. The lowest BCUT2D eigenvalue weighted by Gasteiger charge is -2.39. The lowest BCUT2D eigenvalue weighted by Crippen LogP contribution is -2.39. The number of nitrogens with two attached hydrogens (primary N) is 1. The first kappa shape index (κ1) is 15.0. The SMILES string of the molecule is CCCc1nc(NN)cc(N2CCC(C)(CC)CC2)n1. The molecular weight excluding hydrogens is 250 g/mol. The van der Waals surface area contributed by atoms with E-state index >= 15 is 0 Å². The molecule has 3 N–H and O–H groups in total. The Kier molecular flexibility index (Phi) is 4.81. The van der Waals surface area contributed by atoms with Gasteiger partial charge in [0.15, 0.2) is 0 Å². The third kappa shape index (κ3) is 3.39. The van der Waals surface area contributed by atoms with Crippen molar-refractivity contribution in [3.63, 3.8) is 0 Å². The molecule has 0 unspecified atom stereocenters. The zero-order chi connectivity index (χ0) is 14.6. The van der Waals surface area contributed by atoms with Crippen LogP contribution < -0.4 is 16.2 Å². The van der Waals surface area contributed by atoms with E-state index in [4.69, 9.17) is 5.84 Å². The summed E-state index contributed by atoms with van der Waals surface area (Å²) in [5.41, 5.74) is 3.15. The maximum atomic E-state index is 5.52. The number of aromatic nitrogens is 2. The molecule has 0 aromatic carbocycles. The van der Waals surface area contributed by atoms with Crippen LogP contribution in [0.5, 0.6) is 0 Å². The lowest BCUT2D eigenvalue weighted by atomic mass is 9.78. The van der Waals surface area contributed by atoms with Gasteiger partial charge in [0.25, 0.3) is 0 Å². The van der Waals surface area contributed by atoms with E-state index in [-0.39, 0.29) is 0 Å². The average molecular weight is 277 g/mol. The predicted molar refractivity (Wildman–Crippen MR) is 83.7 cm³/mol. The fraction of sp³-hybridized carbons (Fsp3) is 0.733. The Hall–Kier alpha value is -1.36. The molecule has 1 aromatic heterocycles. The molecule has 0 radical (unpaired) electrons. The minimum Gasteiger partial charge on any atom is -0.356 e. The average Bonchev–Trinajstić information content (AvgIpc) is 2.48. The van der Waals surface area contributed by atoms with Crippen LogP contribution in [0.3, 0.4) is 0 Å². The molecule has 20 heavy (non-hydrogen) atoms. The minimum atomic E-state index is 0.491. The van der Waals surface area contributed by atoms with Crippen LogP contribution in [0, 0.1) is 5.41 Å². The third-order valence-corrected chi connectivity index (χ3v) is 4.53. The van der Waals surface area contributed by atoms with Gasteiger partial charge < -0.3 is 10.3 Å². The Morgan fingerprint density at radius 3 is 2.55 bits per heavy atom. The Labute approximate surface area is 121 Å². The van der Waals surface area contributed by atoms with Gasteiger partial charge in [-0.3, -0.25) is 0 Å². The standard InChI is InChI=1S/C15H27N5/c1-4-6-12-17-13(19-16)11-14(18-12)20-9-7-15(3,5-2)8-10-20/h11H,4-10,16H2,1-3H3,(H,17,18,19). The molecule has 2 heterocycles. The molecule has 1 fully saturated rings. The quantitative estimate of drug-likeness (QED) is 0.640. The van der Waals surface area contributed by atoms with Crippen LogP contribution in [0.1, 0.15) is 52.3 Å². The molecule has 0 bridgehead atoms. The first-order chi connectivity index (χ1) is 9.60. The molecule has 2 rings (SSSR count). The molecule has 112 valence electrons. The summed E-state index contributed by atoms with van der Waals surface area (Å²) in [7, 11) is 0. The number of piperidine rings is 1. The number of hydrogen-bond acceptors (Lipinski definition) is 5. The summed E-state index contributed by atoms with van der Waals surface area (Å²) in [4.78, 5) is 11.5. The summed E-state index contributed by atoms with van der Waals surface area (Å²) in [5, 5.41) is 0. The van der Waals surface area contributed by atoms with Crippen LogP contribution in [0.2, 0.25) is 0 Å². The molecule has 1 saturated heterocycles. The highest BCUT2D eigenvalue weighted by Gasteiger charge is 2.29. The van der Waals surface area contributed by atoms with Crippen molar-refractivity contribution in [2.75, 3.05) is 23.4 Å². The second kappa shape index (κ2) is 6.39. The summed E-state index contributed by atoms with van der Waals surface area (Å²) in [5.74, 6) is 8.12. The first-order valence-electron chi connectivity index (χ1n) is 7.69. The maximum absolute atomic E-state index is 5.52. The van der Waals surface area contributed by atoms with Gasteiger partial charge in [0.2, 0.25) is 0 Å². The molecule has 1 aliphatic rings. The molecule has 0 atom stereocenters. The summed E-state index contributed by atoms with van der Waals surface area (Å²) >= 11 is 0. The van der Waals surface area contributed by atoms with E-state index in [1.54, 1.807) is 0 Å². The van der Waals surface area contributed by atoms with Gasteiger partial charge in [0, 0.05) is 25.6 Å². The number of hydrogen-bond donors (Lipinski definition) is 2. The largest absolute Gasteiger partial charge is 0.356 e. The van der Waals surface area contributed by atoms with Gasteiger partial charge in [-0.15, -0.1) is 0 Å². The summed E-state index contributed by atoms with van der Waals surface area (Å²) < 4.78 is 0. The molecule has 5 nitrogen and oxygen atoms in total. The van der Waals surface area contributed by atoms with Crippen molar-refractivity contribution in [2.45, 2.75) is 52.9 Å². The van der Waals surface area contributed by atoms with Crippen LogP contribution in [0.15, 0.2) is 6.07 Å². The van der Waals surface area contributed by atoms with E-state index in [1.165, 1.54) is 19.3 Å². The van der Waals surface area contributed by atoms with Gasteiger partial charge in [-0.1, -0.05) is 27.2 Å². The summed E-state index contributed by atoms with van der Waals surface area (Å²) in [6, 6.07) is 1.95. The second-order valence-electron chi connectivity index (χ2n) is 6.07. The monoisotopic (exact) mass is 277 g/mol. The lowest BCUT2D eigenvalue weighted by molar-refractivity contribution is 0.237. The topological polar surface area (TPSA) is 67.1 Å². The van der Waals surface area contributed by atoms with Crippen molar-refractivity contribution in [3.05, 3.63) is 11.9 Å². The molecule has 0 aliphatic carbocycles. The van der Waals surface area contributed by atoms with E-state index in [1.807, 2.05) is 6.07 Å². The molecule has 0 saturated carbocycles. The number of nitrogens with one attached hydrogen (secondary N) is 1. The van der Waals surface area contributed by atoms with Crippen LogP contribution in [-0.2, 0) is 6.42 Å². The Morgan fingerprint density at radius 2 is 2.00 bits per heavy atom. The fourth-order valence-corrected chi connectivity index (χ4v) is 2.68. The third-order valence-electron chi connectivity index (χ3n) is 4.53. The number of aryl methyl sites for hydroxylation is 1. The number of nitrogens with zero attached hydrogens (tertiary/aromatic N) is 3. The van der Waals surface area contributed by atoms with Crippen LogP contribution in [0.4, 0.5) is 11.6 Å². The van der Waals surface area contributed by atoms with Crippen molar-refractivity contribution < 1.29 is 0 Å². The van der Waals surface area contributed by atoms with Gasteiger partial charge in [0.1, 0.15) is 17.5 Å². The molecule has 5 heteroatoms. The zero-order valence-electron chi connectivity index (χ0n) is 12.9. The Morgan fingerprint density at radius 1 is 1.30 bits per heavy atom. The molecule has 0 spiro atoms. The zero-order valence-corrected chi connectivity index (χ0v) is 12.9. The molecule has 1 aromatic rings. The minimum absolute atomic E-state index is 0.491. The van der Waals surface area contributed by atoms with Crippen molar-refractivity contribution in [1.29, 1.82) is 0 Å². The van der Waals surface area contributed by atoms with Gasteiger partial charge in [0.05, 0.1) is 0 Å². The number of hydrazine groups is 1. The smallest absolute Gasteiger partial charge is 0.145 e. The molecular formula is C15H27N5. The summed E-state index contributed by atoms with van der Waals surface area (Å²) in [6.07, 6.45) is 5.63. The fourth-order valence-electron chi connectivity index (χ4n) is 2.68. The highest BCUT2D eigenvalue weighted by atomic mass is 15.3. The van der Waals surface area contributed by atoms with E-state index in [0.717, 1.165) is 37.6 Å². The van der Waals surface area contributed by atoms with E-state index in [9.17, 15) is 0 Å². The Bertz CT molecular complexity index is 438. The van der Waals surface area contributed by atoms with E-state index in [2.05, 4.69) is 41.1 Å². The van der Waals surface area contributed by atoms with Crippen molar-refractivity contribution in [3.8, 4) is 0 Å². The highest BCUT2D eigenvalue weighted by Crippen LogP contribution is 2.35. The highest BCUT2D eigenvalue weighted by molar-refractivity contribution is 5.49. The van der Waals surface area contributed by atoms with E-state index in [0.29, 0.717) is 11.2 Å². The predicted octanol–water partition coefficient (Wildman–Crippen LogP) is 2.73. The van der Waals surface area contributed by atoms with Gasteiger partial charge in [-0.25, -0.2) is 15.8 Å². The van der Waals surface area contributed by atoms with Crippen LogP contribution in [0.25, 0.3) is 0 Å². The normalized spacial score (nSPS) is 18.1. The van der Waals surface area contributed by atoms with Gasteiger partial charge >= 0.3 is 0 Å². The molecule has 1 aliphatic heterocycles. The van der Waals surface area contributed by atoms with Gasteiger partial charge in [-0.2, -0.15) is 0 Å². The molecule has 0 amide bonds. The van der Waals surface area contributed by atoms with Crippen molar-refractivity contribution in [1.82, 2.24) is 9.97 Å². The van der Waals surface area contributed by atoms with Crippen molar-refractivity contribution >= 4 is 11.6 Å². The summed E-state index contributed by atoms with van der Waals surface area (Å²) in [6.45, 7) is 8.95. The number of nitrogen functional groups attached to an aromatic ring is 1. The number of anilines is 2.